The van der Waals surface area contributed by atoms with E-state index in [2.05, 4.69) is 9.82 Å². The number of sulfonamides is 1. The second kappa shape index (κ2) is 5.80. The molecule has 1 N–H and O–H groups in total. The van der Waals surface area contributed by atoms with Gasteiger partial charge in [0.1, 0.15) is 0 Å². The normalized spacial score (nSPS) is 11.4. The molecule has 6 nitrogen and oxygen atoms in total. The highest BCUT2D eigenvalue weighted by Crippen LogP contribution is 2.02. The maximum absolute atomic E-state index is 11.2. The lowest BCUT2D eigenvalue weighted by molar-refractivity contribution is 0.545. The van der Waals surface area contributed by atoms with Gasteiger partial charge in [0.05, 0.1) is 11.8 Å². The monoisotopic (exact) mass is 256 g/mol. The van der Waals surface area contributed by atoms with E-state index in [4.69, 9.17) is 5.26 Å². The van der Waals surface area contributed by atoms with Crippen molar-refractivity contribution in [3.05, 3.63) is 17.5 Å². The van der Waals surface area contributed by atoms with E-state index < -0.39 is 15.8 Å². The molecule has 0 aliphatic carbocycles. The van der Waals surface area contributed by atoms with Gasteiger partial charge in [0.25, 0.3) is 0 Å². The predicted octanol–water partition coefficient (Wildman–Crippen LogP) is 0.333. The Kier molecular flexibility index (Phi) is 4.66. The summed E-state index contributed by atoms with van der Waals surface area (Å²) in [6.45, 7) is 4.86. The van der Waals surface area contributed by atoms with Gasteiger partial charge in [-0.25, -0.2) is 13.1 Å². The molecule has 0 radical (unpaired) electrons. The smallest absolute Gasteiger partial charge is 0.225 e. The van der Waals surface area contributed by atoms with Gasteiger partial charge in [-0.05, 0) is 26.3 Å². The summed E-state index contributed by atoms with van der Waals surface area (Å²) >= 11 is 0. The van der Waals surface area contributed by atoms with Crippen LogP contribution in [0.1, 0.15) is 17.8 Å². The highest BCUT2D eigenvalue weighted by atomic mass is 32.2. The maximum Gasteiger partial charge on any atom is 0.225 e. The van der Waals surface area contributed by atoms with Crippen LogP contribution in [-0.4, -0.2) is 30.5 Å². The third kappa shape index (κ3) is 4.54. The molecule has 0 bridgehead atoms. The molecule has 0 atom stereocenters. The molecular formula is C10H16N4O2S. The lowest BCUT2D eigenvalue weighted by atomic mass is 10.4. The summed E-state index contributed by atoms with van der Waals surface area (Å²) in [7, 11) is -3.43. The standard InChI is InChI=1S/C10H16N4O2S/c1-9-8-10(2)14(13-9)6-3-5-12-17(15,16)7-4-11/h8,12H,3,5-7H2,1-2H3. The highest BCUT2D eigenvalue weighted by Gasteiger charge is 2.08. The number of aryl methyl sites for hydroxylation is 3. The summed E-state index contributed by atoms with van der Waals surface area (Å²) in [5.41, 5.74) is 2.01. The lowest BCUT2D eigenvalue weighted by Gasteiger charge is -2.05. The molecule has 0 spiro atoms. The van der Waals surface area contributed by atoms with Crippen LogP contribution in [0, 0.1) is 25.2 Å². The second-order valence-electron chi connectivity index (χ2n) is 3.82. The van der Waals surface area contributed by atoms with Gasteiger partial charge in [-0.1, -0.05) is 0 Å². The van der Waals surface area contributed by atoms with Crippen LogP contribution in [0.25, 0.3) is 0 Å². The van der Waals surface area contributed by atoms with Gasteiger partial charge in [-0.15, -0.1) is 0 Å². The Balaban J connectivity index is 2.35. The van der Waals surface area contributed by atoms with E-state index in [1.54, 1.807) is 6.07 Å². The van der Waals surface area contributed by atoms with E-state index >= 15 is 0 Å². The Labute approximate surface area is 101 Å². The number of nitrogens with zero attached hydrogens (tertiary/aromatic N) is 3. The summed E-state index contributed by atoms with van der Waals surface area (Å²) in [6, 6.07) is 3.58. The molecule has 7 heteroatoms. The van der Waals surface area contributed by atoms with Gasteiger partial charge in [-0.2, -0.15) is 10.4 Å². The first-order valence-corrected chi connectivity index (χ1v) is 6.95. The summed E-state index contributed by atoms with van der Waals surface area (Å²) in [4.78, 5) is 0. The SMILES string of the molecule is Cc1cc(C)n(CCCNS(=O)(=O)CC#N)n1. The van der Waals surface area contributed by atoms with Gasteiger partial charge >= 0.3 is 0 Å². The zero-order valence-corrected chi connectivity index (χ0v) is 10.8. The number of aromatic nitrogens is 2. The van der Waals surface area contributed by atoms with Gasteiger partial charge in [0.2, 0.25) is 10.0 Å². The molecule has 0 fully saturated rings. The molecule has 0 aliphatic heterocycles. The average molecular weight is 256 g/mol. The Hall–Kier alpha value is -1.39. The van der Waals surface area contributed by atoms with Crippen molar-refractivity contribution in [2.75, 3.05) is 12.3 Å². The van der Waals surface area contributed by atoms with E-state index in [1.807, 2.05) is 24.6 Å². The van der Waals surface area contributed by atoms with Gasteiger partial charge in [0.15, 0.2) is 5.75 Å². The van der Waals surface area contributed by atoms with Crippen LogP contribution in [0.15, 0.2) is 6.07 Å². The number of rotatable bonds is 6. The predicted molar refractivity (Wildman–Crippen MR) is 63.7 cm³/mol. The van der Waals surface area contributed by atoms with Crippen molar-refractivity contribution in [2.45, 2.75) is 26.8 Å². The fraction of sp³-hybridized carbons (Fsp3) is 0.600. The zero-order valence-electron chi connectivity index (χ0n) is 9.97. The number of nitriles is 1. The van der Waals surface area contributed by atoms with E-state index in [9.17, 15) is 8.42 Å². The molecule has 17 heavy (non-hydrogen) atoms. The number of hydrogen-bond donors (Lipinski definition) is 1. The molecule has 1 aromatic rings. The minimum absolute atomic E-state index is 0.322. The molecule has 0 saturated carbocycles. The van der Waals surface area contributed by atoms with E-state index in [-0.39, 0.29) is 0 Å². The summed E-state index contributed by atoms with van der Waals surface area (Å²) in [6.07, 6.45) is 0.645. The lowest BCUT2D eigenvalue weighted by Crippen LogP contribution is -2.27. The Morgan fingerprint density at radius 3 is 2.76 bits per heavy atom. The second-order valence-corrected chi connectivity index (χ2v) is 5.62. The topological polar surface area (TPSA) is 87.8 Å². The molecule has 1 rings (SSSR count). The zero-order chi connectivity index (χ0) is 12.9. The molecule has 0 amide bonds. The Morgan fingerprint density at radius 2 is 2.24 bits per heavy atom. The van der Waals surface area contributed by atoms with Gasteiger partial charge in [0, 0.05) is 18.8 Å². The van der Waals surface area contributed by atoms with Crippen LogP contribution < -0.4 is 4.72 Å². The average Bonchev–Trinajstić information content (AvgIpc) is 2.52. The largest absolute Gasteiger partial charge is 0.270 e. The quantitative estimate of drug-likeness (QED) is 0.743. The summed E-state index contributed by atoms with van der Waals surface area (Å²) < 4.78 is 26.5. The minimum atomic E-state index is -3.43. The first-order chi connectivity index (χ1) is 7.94. The van der Waals surface area contributed by atoms with E-state index in [1.165, 1.54) is 0 Å². The van der Waals surface area contributed by atoms with Crippen LogP contribution in [0.4, 0.5) is 0 Å². The molecule has 0 unspecified atom stereocenters. The Morgan fingerprint density at radius 1 is 1.53 bits per heavy atom. The first kappa shape index (κ1) is 13.7. The van der Waals surface area contributed by atoms with Crippen LogP contribution in [-0.2, 0) is 16.6 Å². The van der Waals surface area contributed by atoms with Crippen molar-refractivity contribution in [3.63, 3.8) is 0 Å². The van der Waals surface area contributed by atoms with Gasteiger partial charge < -0.3 is 0 Å². The molecule has 0 aromatic carbocycles. The molecule has 1 heterocycles. The summed E-state index contributed by atoms with van der Waals surface area (Å²) in [5, 5.41) is 12.6. The fourth-order valence-electron chi connectivity index (χ4n) is 1.49. The highest BCUT2D eigenvalue weighted by molar-refractivity contribution is 7.89. The van der Waals surface area contributed by atoms with Crippen LogP contribution >= 0.6 is 0 Å². The fourth-order valence-corrected chi connectivity index (χ4v) is 2.22. The van der Waals surface area contributed by atoms with Crippen molar-refractivity contribution in [1.29, 1.82) is 5.26 Å². The Bertz CT molecular complexity index is 513. The molecular weight excluding hydrogens is 240 g/mol. The van der Waals surface area contributed by atoms with Crippen molar-refractivity contribution in [1.82, 2.24) is 14.5 Å². The van der Waals surface area contributed by atoms with E-state index in [0.717, 1.165) is 11.4 Å². The van der Waals surface area contributed by atoms with Crippen LogP contribution in [0.2, 0.25) is 0 Å². The van der Waals surface area contributed by atoms with Gasteiger partial charge in [-0.3, -0.25) is 4.68 Å². The van der Waals surface area contributed by atoms with Crippen LogP contribution in [0.3, 0.4) is 0 Å². The number of hydrogen-bond acceptors (Lipinski definition) is 4. The minimum Gasteiger partial charge on any atom is -0.270 e. The molecule has 0 saturated heterocycles. The van der Waals surface area contributed by atoms with Crippen molar-refractivity contribution < 1.29 is 8.42 Å². The molecule has 94 valence electrons. The maximum atomic E-state index is 11.2. The number of nitrogens with one attached hydrogen (secondary N) is 1. The molecule has 1 aromatic heterocycles. The third-order valence-electron chi connectivity index (χ3n) is 2.23. The first-order valence-electron chi connectivity index (χ1n) is 5.30. The third-order valence-corrected chi connectivity index (χ3v) is 3.38. The molecule has 0 aliphatic rings. The van der Waals surface area contributed by atoms with Crippen molar-refractivity contribution in [3.8, 4) is 6.07 Å². The van der Waals surface area contributed by atoms with Crippen molar-refractivity contribution >= 4 is 10.0 Å². The van der Waals surface area contributed by atoms with Crippen LogP contribution in [0.5, 0.6) is 0 Å². The summed E-state index contributed by atoms with van der Waals surface area (Å²) in [5.74, 6) is -0.493. The van der Waals surface area contributed by atoms with Crippen molar-refractivity contribution in [2.24, 2.45) is 0 Å². The van der Waals surface area contributed by atoms with E-state index in [0.29, 0.717) is 19.5 Å².